The van der Waals surface area contributed by atoms with Crippen molar-refractivity contribution < 1.29 is 17.9 Å². The van der Waals surface area contributed by atoms with Crippen LogP contribution in [0.25, 0.3) is 0 Å². The predicted molar refractivity (Wildman–Crippen MR) is 104 cm³/mol. The highest BCUT2D eigenvalue weighted by molar-refractivity contribution is 8.16. The number of amides is 1. The molecule has 3 fully saturated rings. The molecule has 0 radical (unpaired) electrons. The van der Waals surface area contributed by atoms with Gasteiger partial charge in [-0.1, -0.05) is 35.0 Å². The van der Waals surface area contributed by atoms with Gasteiger partial charge in [-0.05, 0) is 31.0 Å². The van der Waals surface area contributed by atoms with Crippen LogP contribution in [0.5, 0.6) is 0 Å². The zero-order chi connectivity index (χ0) is 18.5. The lowest BCUT2D eigenvalue weighted by atomic mass is 10.2. The van der Waals surface area contributed by atoms with Crippen LogP contribution in [0, 0.1) is 0 Å². The molecule has 3 heterocycles. The van der Waals surface area contributed by atoms with Gasteiger partial charge in [-0.15, -0.1) is 0 Å². The van der Waals surface area contributed by atoms with Crippen molar-refractivity contribution in [2.75, 3.05) is 23.0 Å². The number of hydrogen-bond acceptors (Lipinski definition) is 5. The third-order valence-electron chi connectivity index (χ3n) is 4.60. The molecular formula is C16H16Cl2N2O4S2. The largest absolute Gasteiger partial charge is 0.368 e. The van der Waals surface area contributed by atoms with E-state index in [0.717, 1.165) is 6.42 Å². The molecule has 3 aliphatic heterocycles. The second kappa shape index (κ2) is 6.98. The average molecular weight is 435 g/mol. The number of thioether (sulfide) groups is 1. The maximum Gasteiger partial charge on any atom is 0.277 e. The molecule has 3 saturated heterocycles. The Morgan fingerprint density at radius 1 is 1.23 bits per heavy atom. The standard InChI is InChI=1S/C16H16Cl2N2O4S2/c17-9-4-10(18)6-11(5-9)20-12-7-26(22,23)8-14(12)25-16(20)19-15(21)13-2-1-3-24-13/h4-6,12-14H,1-3,7-8H2/t12-,13-,14+/m0/s1. The first-order chi connectivity index (χ1) is 12.3. The molecule has 3 atom stereocenters. The highest BCUT2D eigenvalue weighted by Crippen LogP contribution is 2.42. The number of amidine groups is 1. The molecule has 1 amide bonds. The van der Waals surface area contributed by atoms with Crippen LogP contribution >= 0.6 is 35.0 Å². The molecule has 0 aromatic heterocycles. The summed E-state index contributed by atoms with van der Waals surface area (Å²) in [6.45, 7) is 0.561. The lowest BCUT2D eigenvalue weighted by Crippen LogP contribution is -2.38. The van der Waals surface area contributed by atoms with Crippen LogP contribution in [0.1, 0.15) is 12.8 Å². The summed E-state index contributed by atoms with van der Waals surface area (Å²) >= 11 is 13.6. The molecule has 0 saturated carbocycles. The minimum absolute atomic E-state index is 0.0158. The van der Waals surface area contributed by atoms with Gasteiger partial charge in [-0.3, -0.25) is 4.79 Å². The van der Waals surface area contributed by atoms with E-state index in [-0.39, 0.29) is 28.7 Å². The van der Waals surface area contributed by atoms with Crippen molar-refractivity contribution in [2.45, 2.75) is 30.2 Å². The smallest absolute Gasteiger partial charge is 0.277 e. The molecule has 140 valence electrons. The Hall–Kier alpha value is -0.800. The van der Waals surface area contributed by atoms with Crippen molar-refractivity contribution >= 4 is 61.6 Å². The number of nitrogens with zero attached hydrogens (tertiary/aromatic N) is 2. The van der Waals surface area contributed by atoms with E-state index in [9.17, 15) is 13.2 Å². The van der Waals surface area contributed by atoms with Gasteiger partial charge in [0.05, 0.1) is 17.5 Å². The molecule has 6 nitrogen and oxygen atoms in total. The Labute approximate surface area is 165 Å². The summed E-state index contributed by atoms with van der Waals surface area (Å²) in [5.41, 5.74) is 0.637. The topological polar surface area (TPSA) is 76.0 Å². The Kier molecular flexibility index (Phi) is 4.98. The SMILES string of the molecule is O=C(N=C1S[C@@H]2CS(=O)(=O)C[C@@H]2N1c1cc(Cl)cc(Cl)c1)[C@@H]1CCCO1. The second-order valence-corrected chi connectivity index (χ2v) is 10.8. The predicted octanol–water partition coefficient (Wildman–Crippen LogP) is 2.77. The summed E-state index contributed by atoms with van der Waals surface area (Å²) in [6, 6.07) is 4.71. The third-order valence-corrected chi connectivity index (χ3v) is 8.25. The van der Waals surface area contributed by atoms with Gasteiger partial charge in [0.1, 0.15) is 6.10 Å². The zero-order valence-corrected chi connectivity index (χ0v) is 16.7. The molecule has 0 spiro atoms. The molecule has 1 aromatic rings. The van der Waals surface area contributed by atoms with E-state index in [0.29, 0.717) is 33.9 Å². The summed E-state index contributed by atoms with van der Waals surface area (Å²) in [5, 5.41) is 1.18. The number of rotatable bonds is 2. The number of ether oxygens (including phenoxy) is 1. The van der Waals surface area contributed by atoms with Gasteiger partial charge in [0, 0.05) is 27.6 Å². The van der Waals surface area contributed by atoms with Gasteiger partial charge >= 0.3 is 0 Å². The van der Waals surface area contributed by atoms with Crippen LogP contribution in [-0.2, 0) is 19.4 Å². The van der Waals surface area contributed by atoms with Crippen LogP contribution in [0.4, 0.5) is 5.69 Å². The second-order valence-electron chi connectivity index (χ2n) is 6.53. The molecule has 3 aliphatic rings. The summed E-state index contributed by atoms with van der Waals surface area (Å²) in [4.78, 5) is 18.5. The Bertz CT molecular complexity index is 864. The van der Waals surface area contributed by atoms with Gasteiger partial charge in [0.15, 0.2) is 15.0 Å². The van der Waals surface area contributed by atoms with Crippen molar-refractivity contribution in [2.24, 2.45) is 4.99 Å². The number of benzene rings is 1. The number of fused-ring (bicyclic) bond motifs is 1. The Morgan fingerprint density at radius 2 is 1.96 bits per heavy atom. The monoisotopic (exact) mass is 434 g/mol. The summed E-state index contributed by atoms with van der Waals surface area (Å²) in [7, 11) is -3.13. The number of hydrogen-bond donors (Lipinski definition) is 0. The lowest BCUT2D eigenvalue weighted by Gasteiger charge is -2.25. The van der Waals surface area contributed by atoms with E-state index in [1.807, 2.05) is 0 Å². The van der Waals surface area contributed by atoms with Crippen molar-refractivity contribution in [3.8, 4) is 0 Å². The van der Waals surface area contributed by atoms with Crippen LogP contribution in [0.15, 0.2) is 23.2 Å². The molecule has 0 bridgehead atoms. The van der Waals surface area contributed by atoms with Crippen LogP contribution in [0.2, 0.25) is 10.0 Å². The highest BCUT2D eigenvalue weighted by Gasteiger charge is 2.49. The van der Waals surface area contributed by atoms with Gasteiger partial charge < -0.3 is 9.64 Å². The lowest BCUT2D eigenvalue weighted by molar-refractivity contribution is -0.126. The van der Waals surface area contributed by atoms with Crippen molar-refractivity contribution in [3.63, 3.8) is 0 Å². The first-order valence-electron chi connectivity index (χ1n) is 8.19. The Balaban J connectivity index is 1.72. The van der Waals surface area contributed by atoms with E-state index in [4.69, 9.17) is 27.9 Å². The number of aliphatic imine (C=N–C) groups is 1. The molecule has 0 N–H and O–H groups in total. The number of carbonyl (C=O) groups excluding carboxylic acids is 1. The van der Waals surface area contributed by atoms with Gasteiger partial charge in [0.25, 0.3) is 5.91 Å². The molecular weight excluding hydrogens is 419 g/mol. The molecule has 0 aliphatic carbocycles. The van der Waals surface area contributed by atoms with Crippen LogP contribution < -0.4 is 4.90 Å². The van der Waals surface area contributed by atoms with Crippen molar-refractivity contribution in [1.29, 1.82) is 0 Å². The Morgan fingerprint density at radius 3 is 2.62 bits per heavy atom. The highest BCUT2D eigenvalue weighted by atomic mass is 35.5. The fourth-order valence-corrected chi connectivity index (χ4v) is 7.92. The third kappa shape index (κ3) is 3.62. The first kappa shape index (κ1) is 18.6. The van der Waals surface area contributed by atoms with E-state index in [1.54, 1.807) is 23.1 Å². The number of carbonyl (C=O) groups is 1. The van der Waals surface area contributed by atoms with Crippen molar-refractivity contribution in [3.05, 3.63) is 28.2 Å². The summed E-state index contributed by atoms with van der Waals surface area (Å²) in [5.74, 6) is -0.242. The zero-order valence-electron chi connectivity index (χ0n) is 13.6. The molecule has 1 aromatic carbocycles. The van der Waals surface area contributed by atoms with E-state index in [2.05, 4.69) is 4.99 Å². The average Bonchev–Trinajstić information content (AvgIpc) is 3.20. The fraction of sp³-hybridized carbons (Fsp3) is 0.500. The minimum atomic E-state index is -3.13. The van der Waals surface area contributed by atoms with Gasteiger partial charge in [-0.25, -0.2) is 8.42 Å². The summed E-state index contributed by atoms with van der Waals surface area (Å²) < 4.78 is 29.6. The summed E-state index contributed by atoms with van der Waals surface area (Å²) in [6.07, 6.45) is 0.979. The fourth-order valence-electron chi connectivity index (χ4n) is 3.48. The number of halogens is 2. The van der Waals surface area contributed by atoms with Crippen LogP contribution in [-0.4, -0.2) is 55.0 Å². The van der Waals surface area contributed by atoms with Gasteiger partial charge in [-0.2, -0.15) is 4.99 Å². The molecule has 10 heteroatoms. The molecule has 4 rings (SSSR count). The first-order valence-corrected chi connectivity index (χ1v) is 11.6. The quantitative estimate of drug-likeness (QED) is 0.711. The van der Waals surface area contributed by atoms with E-state index in [1.165, 1.54) is 11.8 Å². The van der Waals surface area contributed by atoms with Crippen LogP contribution in [0.3, 0.4) is 0 Å². The normalized spacial score (nSPS) is 31.5. The molecule has 26 heavy (non-hydrogen) atoms. The van der Waals surface area contributed by atoms with E-state index < -0.39 is 15.9 Å². The minimum Gasteiger partial charge on any atom is -0.368 e. The molecule has 0 unspecified atom stereocenters. The number of sulfone groups is 1. The van der Waals surface area contributed by atoms with Crippen molar-refractivity contribution in [1.82, 2.24) is 0 Å². The maximum atomic E-state index is 12.4. The maximum absolute atomic E-state index is 12.4. The van der Waals surface area contributed by atoms with Gasteiger partial charge in [0.2, 0.25) is 0 Å². The number of anilines is 1. The van der Waals surface area contributed by atoms with E-state index >= 15 is 0 Å².